The number of hydrogen-bond donors (Lipinski definition) is 2. The number of aryl methyl sites for hydroxylation is 2. The molecule has 9 nitrogen and oxygen atoms in total. The molecule has 0 spiro atoms. The van der Waals surface area contributed by atoms with Gasteiger partial charge < -0.3 is 19.9 Å². The van der Waals surface area contributed by atoms with Gasteiger partial charge in [-0.15, -0.1) is 0 Å². The molecular formula is C27H34N6O3. The van der Waals surface area contributed by atoms with E-state index < -0.39 is 18.1 Å². The lowest BCUT2D eigenvalue weighted by Crippen LogP contribution is -2.49. The Morgan fingerprint density at radius 1 is 1.14 bits per heavy atom. The number of benzene rings is 1. The highest BCUT2D eigenvalue weighted by Crippen LogP contribution is 2.28. The summed E-state index contributed by atoms with van der Waals surface area (Å²) in [6.45, 7) is 8.15. The molecule has 2 aromatic heterocycles. The monoisotopic (exact) mass is 490 g/mol. The van der Waals surface area contributed by atoms with Crippen LogP contribution in [0.25, 0.3) is 11.1 Å². The minimum Gasteiger partial charge on any atom is -0.394 e. The molecule has 1 aromatic carbocycles. The van der Waals surface area contributed by atoms with E-state index in [0.29, 0.717) is 13.0 Å². The van der Waals surface area contributed by atoms with Crippen molar-refractivity contribution in [1.29, 1.82) is 0 Å². The van der Waals surface area contributed by atoms with Crippen molar-refractivity contribution in [2.75, 3.05) is 13.2 Å². The fourth-order valence-electron chi connectivity index (χ4n) is 4.90. The Morgan fingerprint density at radius 3 is 2.47 bits per heavy atom. The molecule has 3 heterocycles. The van der Waals surface area contributed by atoms with Crippen LogP contribution in [0.2, 0.25) is 0 Å². The number of rotatable bonds is 8. The Bertz CT molecular complexity index is 1210. The van der Waals surface area contributed by atoms with Crippen molar-refractivity contribution in [2.24, 2.45) is 5.92 Å². The van der Waals surface area contributed by atoms with Gasteiger partial charge in [0.15, 0.2) is 0 Å². The quantitative estimate of drug-likeness (QED) is 0.502. The lowest BCUT2D eigenvalue weighted by Gasteiger charge is -2.31. The highest BCUT2D eigenvalue weighted by atomic mass is 16.3. The first kappa shape index (κ1) is 25.5. The van der Waals surface area contributed by atoms with Crippen molar-refractivity contribution >= 4 is 11.8 Å². The molecule has 0 radical (unpaired) electrons. The minimum absolute atomic E-state index is 0.0401. The van der Waals surface area contributed by atoms with Gasteiger partial charge in [-0.05, 0) is 49.3 Å². The van der Waals surface area contributed by atoms with Crippen molar-refractivity contribution in [3.8, 4) is 11.1 Å². The number of likely N-dealkylation sites (tertiary alicyclic amines) is 1. The second-order valence-electron chi connectivity index (χ2n) is 9.79. The molecule has 9 heteroatoms. The Balaban J connectivity index is 1.48. The summed E-state index contributed by atoms with van der Waals surface area (Å²) in [5.41, 5.74) is 4.61. The maximum absolute atomic E-state index is 13.6. The normalized spacial score (nSPS) is 17.3. The third-order valence-electron chi connectivity index (χ3n) is 6.83. The molecule has 0 unspecified atom stereocenters. The molecule has 0 bridgehead atoms. The molecule has 0 aliphatic carbocycles. The standard InChI is InChI=1S/C27H34N6O3/c1-17(2)25(32-14-19(4)28-16-32)27(36)33-11-5-6-24(33)26(35)31-23(15-34)21-9-7-20(8-10-21)22-13-30-29-12-18(22)3/h7-10,12-14,16-17,23-25,34H,5-6,11,15H2,1-4H3,(H,31,35)/t23-,24-,25-/m0/s1. The largest absolute Gasteiger partial charge is 0.394 e. The summed E-state index contributed by atoms with van der Waals surface area (Å²) in [4.78, 5) is 32.9. The summed E-state index contributed by atoms with van der Waals surface area (Å²) < 4.78 is 1.84. The number of nitrogens with zero attached hydrogens (tertiary/aromatic N) is 5. The zero-order valence-corrected chi connectivity index (χ0v) is 21.3. The second-order valence-corrected chi connectivity index (χ2v) is 9.79. The number of hydrogen-bond acceptors (Lipinski definition) is 6. The van der Waals surface area contributed by atoms with E-state index in [0.717, 1.165) is 34.4 Å². The molecule has 2 N–H and O–H groups in total. The van der Waals surface area contributed by atoms with Crippen LogP contribution in [-0.4, -0.2) is 60.8 Å². The minimum atomic E-state index is -0.571. The Hall–Kier alpha value is -3.59. The second kappa shape index (κ2) is 11.0. The number of aromatic nitrogens is 4. The van der Waals surface area contributed by atoms with Crippen LogP contribution in [0.5, 0.6) is 0 Å². The average molecular weight is 491 g/mol. The topological polar surface area (TPSA) is 113 Å². The maximum atomic E-state index is 13.6. The van der Waals surface area contributed by atoms with Crippen LogP contribution in [0.4, 0.5) is 0 Å². The molecule has 1 fully saturated rings. The molecule has 190 valence electrons. The first-order valence-corrected chi connectivity index (χ1v) is 12.4. The molecule has 3 aromatic rings. The number of carbonyl (C=O) groups excluding carboxylic acids is 2. The number of amides is 2. The van der Waals surface area contributed by atoms with Gasteiger partial charge in [-0.3, -0.25) is 9.59 Å². The van der Waals surface area contributed by atoms with E-state index in [2.05, 4.69) is 20.5 Å². The molecular weight excluding hydrogens is 456 g/mol. The van der Waals surface area contributed by atoms with Crippen molar-refractivity contribution in [1.82, 2.24) is 30.0 Å². The molecule has 4 rings (SSSR count). The van der Waals surface area contributed by atoms with E-state index in [1.54, 1.807) is 23.6 Å². The van der Waals surface area contributed by atoms with Crippen molar-refractivity contribution in [2.45, 2.75) is 58.7 Å². The highest BCUT2D eigenvalue weighted by molar-refractivity contribution is 5.90. The van der Waals surface area contributed by atoms with E-state index >= 15 is 0 Å². The smallest absolute Gasteiger partial charge is 0.246 e. The van der Waals surface area contributed by atoms with E-state index in [1.807, 2.05) is 62.7 Å². The van der Waals surface area contributed by atoms with Crippen LogP contribution >= 0.6 is 0 Å². The van der Waals surface area contributed by atoms with Crippen LogP contribution in [0, 0.1) is 19.8 Å². The van der Waals surface area contributed by atoms with Gasteiger partial charge in [0.2, 0.25) is 11.8 Å². The number of nitrogens with one attached hydrogen (secondary N) is 1. The van der Waals surface area contributed by atoms with Gasteiger partial charge in [0, 0.05) is 18.3 Å². The van der Waals surface area contributed by atoms with E-state index in [4.69, 9.17) is 0 Å². The molecule has 1 aliphatic rings. The molecule has 0 saturated carbocycles. The Kier molecular flexibility index (Phi) is 7.79. The van der Waals surface area contributed by atoms with E-state index in [1.165, 1.54) is 0 Å². The fraction of sp³-hybridized carbons (Fsp3) is 0.444. The maximum Gasteiger partial charge on any atom is 0.246 e. The van der Waals surface area contributed by atoms with Gasteiger partial charge in [0.1, 0.15) is 12.1 Å². The number of aliphatic hydroxyl groups excluding tert-OH is 1. The molecule has 2 amide bonds. The summed E-state index contributed by atoms with van der Waals surface area (Å²) >= 11 is 0. The van der Waals surface area contributed by atoms with Crippen LogP contribution in [0.15, 0.2) is 49.2 Å². The zero-order valence-electron chi connectivity index (χ0n) is 21.3. The summed E-state index contributed by atoms with van der Waals surface area (Å²) in [6.07, 6.45) is 8.33. The zero-order chi connectivity index (χ0) is 25.8. The summed E-state index contributed by atoms with van der Waals surface area (Å²) in [5.74, 6) is -0.285. The summed E-state index contributed by atoms with van der Waals surface area (Å²) in [5, 5.41) is 20.9. The van der Waals surface area contributed by atoms with Crippen LogP contribution in [0.3, 0.4) is 0 Å². The summed E-state index contributed by atoms with van der Waals surface area (Å²) in [7, 11) is 0. The first-order chi connectivity index (χ1) is 17.3. The number of imidazole rings is 1. The lowest BCUT2D eigenvalue weighted by molar-refractivity contribution is -0.142. The fourth-order valence-corrected chi connectivity index (χ4v) is 4.90. The van der Waals surface area contributed by atoms with Crippen LogP contribution in [0.1, 0.15) is 55.6 Å². The van der Waals surface area contributed by atoms with Gasteiger partial charge >= 0.3 is 0 Å². The molecule has 3 atom stereocenters. The van der Waals surface area contributed by atoms with Crippen LogP contribution < -0.4 is 5.32 Å². The third kappa shape index (κ3) is 5.31. The van der Waals surface area contributed by atoms with Crippen molar-refractivity contribution in [3.63, 3.8) is 0 Å². The Morgan fingerprint density at radius 2 is 1.86 bits per heavy atom. The van der Waals surface area contributed by atoms with Gasteiger partial charge in [0.05, 0.1) is 37.1 Å². The van der Waals surface area contributed by atoms with Crippen molar-refractivity contribution in [3.05, 3.63) is 66.0 Å². The predicted octanol–water partition coefficient (Wildman–Crippen LogP) is 2.99. The third-order valence-corrected chi connectivity index (χ3v) is 6.83. The average Bonchev–Trinajstić information content (AvgIpc) is 3.52. The SMILES string of the molecule is Cc1cn([C@H](C(=O)N2CCC[C@H]2C(=O)N[C@@H](CO)c2ccc(-c3cnncc3C)cc2)C(C)C)cn1. The van der Waals surface area contributed by atoms with Gasteiger partial charge in [0.25, 0.3) is 0 Å². The highest BCUT2D eigenvalue weighted by Gasteiger charge is 2.39. The number of aliphatic hydroxyl groups is 1. The van der Waals surface area contributed by atoms with Gasteiger partial charge in [-0.2, -0.15) is 10.2 Å². The lowest BCUT2D eigenvalue weighted by atomic mass is 9.99. The van der Waals surface area contributed by atoms with E-state index in [9.17, 15) is 14.7 Å². The van der Waals surface area contributed by atoms with Gasteiger partial charge in [-0.1, -0.05) is 38.1 Å². The van der Waals surface area contributed by atoms with Crippen molar-refractivity contribution < 1.29 is 14.7 Å². The number of carbonyl (C=O) groups is 2. The predicted molar refractivity (Wildman–Crippen MR) is 136 cm³/mol. The van der Waals surface area contributed by atoms with E-state index in [-0.39, 0.29) is 24.3 Å². The molecule has 36 heavy (non-hydrogen) atoms. The Labute approximate surface area is 211 Å². The van der Waals surface area contributed by atoms with Gasteiger partial charge in [-0.25, -0.2) is 4.98 Å². The van der Waals surface area contributed by atoms with Crippen LogP contribution in [-0.2, 0) is 9.59 Å². The first-order valence-electron chi connectivity index (χ1n) is 12.4. The summed E-state index contributed by atoms with van der Waals surface area (Å²) in [6, 6.07) is 6.11. The molecule has 1 aliphatic heterocycles. The molecule has 1 saturated heterocycles.